The molecule has 0 saturated carbocycles. The minimum Gasteiger partial charge on any atom is -0.386 e. The third-order valence-corrected chi connectivity index (χ3v) is 3.64. The number of nitrogens with zero attached hydrogens (tertiary/aromatic N) is 2. The van der Waals surface area contributed by atoms with Gasteiger partial charge in [-0.25, -0.2) is 4.98 Å². The Hall–Kier alpha value is -1.52. The number of anilines is 2. The smallest absolute Gasteiger partial charge is 0.136 e. The molecule has 5 heteroatoms. The van der Waals surface area contributed by atoms with E-state index in [1.165, 1.54) is 0 Å². The SMILES string of the molecule is CNc1cnc(N2CCOCC2)c2cc(Cl)ccc12. The molecular formula is C14H16ClN3O. The molecule has 0 unspecified atom stereocenters. The van der Waals surface area contributed by atoms with E-state index >= 15 is 0 Å². The molecule has 0 radical (unpaired) electrons. The Balaban J connectivity index is 2.15. The maximum absolute atomic E-state index is 6.13. The molecule has 2 heterocycles. The highest BCUT2D eigenvalue weighted by molar-refractivity contribution is 6.31. The zero-order valence-electron chi connectivity index (χ0n) is 10.8. The topological polar surface area (TPSA) is 37.4 Å². The summed E-state index contributed by atoms with van der Waals surface area (Å²) in [7, 11) is 1.90. The minimum atomic E-state index is 0.733. The molecule has 1 aliphatic rings. The molecule has 1 fully saturated rings. The van der Waals surface area contributed by atoms with Crippen molar-refractivity contribution in [2.45, 2.75) is 0 Å². The van der Waals surface area contributed by atoms with Crippen LogP contribution in [0.1, 0.15) is 0 Å². The fourth-order valence-corrected chi connectivity index (χ4v) is 2.60. The molecular weight excluding hydrogens is 262 g/mol. The summed E-state index contributed by atoms with van der Waals surface area (Å²) in [6, 6.07) is 5.93. The van der Waals surface area contributed by atoms with Crippen LogP contribution in [0.5, 0.6) is 0 Å². The number of benzene rings is 1. The lowest BCUT2D eigenvalue weighted by atomic mass is 10.1. The quantitative estimate of drug-likeness (QED) is 0.916. The highest BCUT2D eigenvalue weighted by Crippen LogP contribution is 2.32. The second-order valence-electron chi connectivity index (χ2n) is 4.53. The van der Waals surface area contributed by atoms with Gasteiger partial charge in [-0.3, -0.25) is 0 Å². The number of fused-ring (bicyclic) bond motifs is 1. The second-order valence-corrected chi connectivity index (χ2v) is 4.97. The van der Waals surface area contributed by atoms with Gasteiger partial charge < -0.3 is 15.0 Å². The largest absolute Gasteiger partial charge is 0.386 e. The summed E-state index contributed by atoms with van der Waals surface area (Å²) in [5.74, 6) is 0.986. The van der Waals surface area contributed by atoms with Gasteiger partial charge in [-0.15, -0.1) is 0 Å². The predicted octanol–water partition coefficient (Wildman–Crippen LogP) is 2.77. The van der Waals surface area contributed by atoms with E-state index in [9.17, 15) is 0 Å². The normalized spacial score (nSPS) is 15.8. The van der Waals surface area contributed by atoms with E-state index in [1.807, 2.05) is 31.4 Å². The molecule has 0 bridgehead atoms. The Morgan fingerprint density at radius 1 is 1.26 bits per heavy atom. The van der Waals surface area contributed by atoms with Crippen molar-refractivity contribution in [2.24, 2.45) is 0 Å². The molecule has 2 aromatic rings. The van der Waals surface area contributed by atoms with Crippen molar-refractivity contribution in [3.8, 4) is 0 Å². The number of ether oxygens (including phenoxy) is 1. The Morgan fingerprint density at radius 2 is 2.05 bits per heavy atom. The Kier molecular flexibility index (Phi) is 3.44. The standard InChI is InChI=1S/C14H16ClN3O/c1-16-13-9-17-14(18-4-6-19-7-5-18)12-8-10(15)2-3-11(12)13/h2-3,8-9,16H,4-7H2,1H3. The van der Waals surface area contributed by atoms with Crippen molar-refractivity contribution in [3.63, 3.8) is 0 Å². The van der Waals surface area contributed by atoms with Crippen molar-refractivity contribution >= 4 is 33.9 Å². The lowest BCUT2D eigenvalue weighted by molar-refractivity contribution is 0.122. The first-order chi connectivity index (χ1) is 9.29. The van der Waals surface area contributed by atoms with Gasteiger partial charge in [0.1, 0.15) is 5.82 Å². The lowest BCUT2D eigenvalue weighted by Crippen LogP contribution is -2.36. The summed E-state index contributed by atoms with van der Waals surface area (Å²) < 4.78 is 5.39. The van der Waals surface area contributed by atoms with Gasteiger partial charge in [0.15, 0.2) is 0 Å². The van der Waals surface area contributed by atoms with E-state index < -0.39 is 0 Å². The number of hydrogen-bond donors (Lipinski definition) is 1. The van der Waals surface area contributed by atoms with E-state index in [4.69, 9.17) is 16.3 Å². The molecule has 3 rings (SSSR count). The number of nitrogens with one attached hydrogen (secondary N) is 1. The third kappa shape index (κ3) is 2.33. The Labute approximate surface area is 117 Å². The van der Waals surface area contributed by atoms with Crippen molar-refractivity contribution in [1.29, 1.82) is 0 Å². The van der Waals surface area contributed by atoms with Crippen LogP contribution in [0, 0.1) is 0 Å². The van der Waals surface area contributed by atoms with Crippen LogP contribution in [0.15, 0.2) is 24.4 Å². The number of aromatic nitrogens is 1. The summed E-state index contributed by atoms with van der Waals surface area (Å²) in [5.41, 5.74) is 1.02. The van der Waals surface area contributed by atoms with Crippen molar-refractivity contribution in [3.05, 3.63) is 29.4 Å². The highest BCUT2D eigenvalue weighted by Gasteiger charge is 2.16. The van der Waals surface area contributed by atoms with E-state index in [0.29, 0.717) is 0 Å². The van der Waals surface area contributed by atoms with Crippen LogP contribution >= 0.6 is 11.6 Å². The number of rotatable bonds is 2. The second kappa shape index (κ2) is 5.23. The predicted molar refractivity (Wildman–Crippen MR) is 79.3 cm³/mol. The van der Waals surface area contributed by atoms with Gasteiger partial charge in [-0.1, -0.05) is 17.7 Å². The number of halogens is 1. The molecule has 1 aromatic carbocycles. The molecule has 1 aromatic heterocycles. The number of hydrogen-bond acceptors (Lipinski definition) is 4. The van der Waals surface area contributed by atoms with Gasteiger partial charge in [-0.2, -0.15) is 0 Å². The van der Waals surface area contributed by atoms with Crippen molar-refractivity contribution in [1.82, 2.24) is 4.98 Å². The summed E-state index contributed by atoms with van der Waals surface area (Å²) in [5, 5.41) is 6.13. The summed E-state index contributed by atoms with van der Waals surface area (Å²) >= 11 is 6.13. The average Bonchev–Trinajstić information content (AvgIpc) is 2.46. The number of morpholine rings is 1. The Bertz CT molecular complexity index is 597. The van der Waals surface area contributed by atoms with Gasteiger partial charge in [0.25, 0.3) is 0 Å². The van der Waals surface area contributed by atoms with Gasteiger partial charge in [0, 0.05) is 35.9 Å². The fraction of sp³-hybridized carbons (Fsp3) is 0.357. The molecule has 1 saturated heterocycles. The van der Waals surface area contributed by atoms with Gasteiger partial charge in [-0.05, 0) is 12.1 Å². The van der Waals surface area contributed by atoms with Crippen LogP contribution in [0.2, 0.25) is 5.02 Å². The van der Waals surface area contributed by atoms with Crippen molar-refractivity contribution < 1.29 is 4.74 Å². The molecule has 100 valence electrons. The monoisotopic (exact) mass is 277 g/mol. The van der Waals surface area contributed by atoms with Crippen LogP contribution in [0.3, 0.4) is 0 Å². The zero-order valence-corrected chi connectivity index (χ0v) is 11.6. The van der Waals surface area contributed by atoms with E-state index in [-0.39, 0.29) is 0 Å². The molecule has 19 heavy (non-hydrogen) atoms. The van der Waals surface area contributed by atoms with Crippen LogP contribution < -0.4 is 10.2 Å². The molecule has 4 nitrogen and oxygen atoms in total. The van der Waals surface area contributed by atoms with Gasteiger partial charge in [0.05, 0.1) is 25.1 Å². The maximum Gasteiger partial charge on any atom is 0.136 e. The van der Waals surface area contributed by atoms with E-state index in [1.54, 1.807) is 0 Å². The average molecular weight is 278 g/mol. The van der Waals surface area contributed by atoms with Crippen LogP contribution in [-0.2, 0) is 4.74 Å². The van der Waals surface area contributed by atoms with E-state index in [0.717, 1.165) is 53.6 Å². The van der Waals surface area contributed by atoms with Gasteiger partial charge in [0.2, 0.25) is 0 Å². The summed E-state index contributed by atoms with van der Waals surface area (Å²) in [6.45, 7) is 3.23. The Morgan fingerprint density at radius 3 is 2.79 bits per heavy atom. The third-order valence-electron chi connectivity index (χ3n) is 3.41. The molecule has 0 spiro atoms. The first kappa shape index (κ1) is 12.5. The first-order valence-corrected chi connectivity index (χ1v) is 6.76. The molecule has 0 amide bonds. The van der Waals surface area contributed by atoms with Crippen LogP contribution in [-0.4, -0.2) is 38.3 Å². The maximum atomic E-state index is 6.13. The molecule has 1 N–H and O–H groups in total. The lowest BCUT2D eigenvalue weighted by Gasteiger charge is -2.29. The first-order valence-electron chi connectivity index (χ1n) is 6.38. The summed E-state index contributed by atoms with van der Waals surface area (Å²) in [6.07, 6.45) is 1.88. The highest BCUT2D eigenvalue weighted by atomic mass is 35.5. The zero-order chi connectivity index (χ0) is 13.2. The van der Waals surface area contributed by atoms with Crippen molar-refractivity contribution in [2.75, 3.05) is 43.6 Å². The summed E-state index contributed by atoms with van der Waals surface area (Å²) in [4.78, 5) is 6.84. The molecule has 1 aliphatic heterocycles. The van der Waals surface area contributed by atoms with Crippen LogP contribution in [0.4, 0.5) is 11.5 Å². The fourth-order valence-electron chi connectivity index (χ4n) is 2.43. The van der Waals surface area contributed by atoms with Gasteiger partial charge >= 0.3 is 0 Å². The van der Waals surface area contributed by atoms with Crippen LogP contribution in [0.25, 0.3) is 10.8 Å². The molecule has 0 atom stereocenters. The van der Waals surface area contributed by atoms with E-state index in [2.05, 4.69) is 15.2 Å². The number of pyridine rings is 1. The minimum absolute atomic E-state index is 0.733. The molecule has 0 aliphatic carbocycles.